The molecule has 2 aromatic carbocycles. The molecular formula is C71H179N13O14. The maximum absolute atomic E-state index is 10.7. The number of carbonyl (C=O) groups excluding carboxylic acids is 13. The number of likely N-dealkylation sites (tertiary alicyclic amines) is 1. The van der Waals surface area contributed by atoms with Crippen LogP contribution < -0.4 is 70.5 Å². The summed E-state index contributed by atoms with van der Waals surface area (Å²) in [5.74, 6) is 2.83. The van der Waals surface area contributed by atoms with Gasteiger partial charge in [0.2, 0.25) is 5.91 Å². The molecule has 1 aliphatic rings. The highest BCUT2D eigenvalue weighted by molar-refractivity contribution is 5.73. The quantitative estimate of drug-likeness (QED) is 0.124. The number of nitrogens with zero attached hydrogens (tertiary/aromatic N) is 1. The number of carbonyl (C=O) groups is 13. The van der Waals surface area contributed by atoms with Gasteiger partial charge in [0.05, 0.1) is 0 Å². The maximum atomic E-state index is 10.7. The lowest BCUT2D eigenvalue weighted by atomic mass is 10.1. The molecule has 1 heterocycles. The number of nitrogens with two attached hydrogens (primary N) is 8. The monoisotopic (exact) mass is 1440 g/mol. The lowest BCUT2D eigenvalue weighted by Gasteiger charge is -2.24. The largest absolute Gasteiger partial charge is 0.394 e. The van der Waals surface area contributed by atoms with Gasteiger partial charge in [-0.05, 0) is 145 Å². The van der Waals surface area contributed by atoms with E-state index in [4.69, 9.17) is 62.6 Å². The Hall–Kier alpha value is -6.83. The van der Waals surface area contributed by atoms with Crippen LogP contribution in [0.5, 0.6) is 0 Å². The lowest BCUT2D eigenvalue weighted by molar-refractivity contribution is -0.129. The average molecular weight is 1440 g/mol. The first-order valence-corrected chi connectivity index (χ1v) is 30.2. The number of aliphatic hydroxyl groups is 1. The smallest absolute Gasteiger partial charge is 0.219 e. The van der Waals surface area contributed by atoms with Crippen LogP contribution in [0.15, 0.2) is 72.8 Å². The van der Waals surface area contributed by atoms with E-state index in [2.05, 4.69) is 184 Å². The summed E-state index contributed by atoms with van der Waals surface area (Å²) in [7, 11) is 12.0. The van der Waals surface area contributed by atoms with E-state index >= 15 is 0 Å². The number of benzene rings is 2. The number of aliphatic hydroxyl groups excluding tert-OH is 1. The Morgan fingerprint density at radius 3 is 0.551 bits per heavy atom. The predicted octanol–water partition coefficient (Wildman–Crippen LogP) is 11.8. The second-order valence-electron chi connectivity index (χ2n) is 14.0. The topological polar surface area (TPSA) is 594 Å². The van der Waals surface area contributed by atoms with Crippen molar-refractivity contribution in [1.82, 2.24) is 29.5 Å². The molecule has 1 amide bonds. The predicted molar refractivity (Wildman–Crippen MR) is 441 cm³/mol. The molecule has 3 rings (SSSR count). The summed E-state index contributed by atoms with van der Waals surface area (Å²) in [6.45, 7) is 75.0. The molecule has 0 radical (unpaired) electrons. The Bertz CT molecular complexity index is 1040. The first kappa shape index (κ1) is 212. The second kappa shape index (κ2) is 444. The van der Waals surface area contributed by atoms with Gasteiger partial charge in [0.25, 0.3) is 0 Å². The minimum absolute atomic E-state index is 0. The van der Waals surface area contributed by atoms with Crippen LogP contribution in [-0.2, 0) is 75.2 Å². The van der Waals surface area contributed by atoms with Crippen molar-refractivity contribution in [2.24, 2.45) is 63.6 Å². The normalized spacial score (nSPS) is 6.58. The lowest BCUT2D eigenvalue weighted by Crippen LogP contribution is -2.33. The van der Waals surface area contributed by atoms with Gasteiger partial charge in [-0.15, -0.1) is 6.58 Å². The van der Waals surface area contributed by atoms with Gasteiger partial charge in [-0.1, -0.05) is 204 Å². The van der Waals surface area contributed by atoms with Gasteiger partial charge in [0, 0.05) is 26.1 Å². The van der Waals surface area contributed by atoms with Gasteiger partial charge in [-0.25, -0.2) is 0 Å². The molecule has 29 N–H and O–H groups in total. The first-order valence-electron chi connectivity index (χ1n) is 30.2. The summed E-state index contributed by atoms with van der Waals surface area (Å²) in [6.07, 6.45) is 9.52. The van der Waals surface area contributed by atoms with Gasteiger partial charge in [0.1, 0.15) is 81.5 Å². The van der Waals surface area contributed by atoms with E-state index < -0.39 is 0 Å². The molecule has 612 valence electrons. The van der Waals surface area contributed by atoms with Crippen molar-refractivity contribution in [3.63, 3.8) is 0 Å². The molecule has 27 heteroatoms. The van der Waals surface area contributed by atoms with E-state index in [0.717, 1.165) is 50.1 Å². The third kappa shape index (κ3) is 713. The summed E-state index contributed by atoms with van der Waals surface area (Å²) < 4.78 is 0. The molecular weight excluding hydrogens is 1260 g/mol. The van der Waals surface area contributed by atoms with E-state index in [-0.39, 0.29) is 36.6 Å². The second-order valence-corrected chi connectivity index (χ2v) is 14.0. The molecule has 2 aromatic rings. The van der Waals surface area contributed by atoms with E-state index in [9.17, 15) is 4.79 Å². The summed E-state index contributed by atoms with van der Waals surface area (Å²) in [4.78, 5) is 109. The SMILES string of the molecule is C=C(C)CC.C=O.C=O.C=O.C=O.C=O.C=O.C=O.C=O.C=O.C=O.C=O.C=O.CC.CC.CC.CC(=O)N1CCCCC1.CC(C)C.CC(C)O.CCC(C)C.CCC(C)C.CCc1ccccc1.CCc1ccccc1.CN.CN.CN.CN.CN.CN.CN.CN.N.N.N.N. The van der Waals surface area contributed by atoms with E-state index in [1.807, 2.05) is 147 Å². The fraction of sp³-hybridized carbons (Fsp3) is 0.620. The summed E-state index contributed by atoms with van der Waals surface area (Å²) >= 11 is 0. The third-order valence-electron chi connectivity index (χ3n) is 6.54. The zero-order chi connectivity index (χ0) is 84.3. The van der Waals surface area contributed by atoms with Crippen molar-refractivity contribution >= 4 is 87.4 Å². The number of allylic oxidation sites excluding steroid dienone is 1. The first-order chi connectivity index (χ1) is 45.4. The standard InChI is InChI=1S/2C8H10.C7H13NO.2C5H12.C5H10.C4H10.C3H8O.3C2H6.8CH5N.12CH2O.4H3N/c2*1-2-8-6-4-3-5-7-8;1-7(9)8-5-3-2-4-6-8;3*1-4-5(2)3;1-4(2)3;1-3(2)4;23*1-2;;;;/h2*3-7H,2H2,1H3;2-6H2,1H3;2*5H,4H2,1-3H3;2,4H2,1,3H3;4H,1-3H3;3-4H,1-2H3;3*1-2H3;8*2H2,1H3;12*1H2;4*1H3. The molecule has 1 saturated heterocycles. The van der Waals surface area contributed by atoms with E-state index in [1.54, 1.807) is 20.8 Å². The van der Waals surface area contributed by atoms with Crippen LogP contribution in [0, 0.1) is 17.8 Å². The van der Waals surface area contributed by atoms with Gasteiger partial charge >= 0.3 is 0 Å². The maximum Gasteiger partial charge on any atom is 0.219 e. The van der Waals surface area contributed by atoms with Crippen LogP contribution in [-0.4, -0.2) is 173 Å². The van der Waals surface area contributed by atoms with Crippen LogP contribution in [0.2, 0.25) is 0 Å². The Morgan fingerprint density at radius 2 is 0.490 bits per heavy atom. The molecule has 1 fully saturated rings. The van der Waals surface area contributed by atoms with E-state index in [1.165, 1.54) is 105 Å². The molecule has 0 aliphatic carbocycles. The number of hydrogen-bond donors (Lipinski definition) is 13. The van der Waals surface area contributed by atoms with Crippen molar-refractivity contribution in [1.29, 1.82) is 0 Å². The molecule has 27 nitrogen and oxygen atoms in total. The van der Waals surface area contributed by atoms with Gasteiger partial charge < -0.3 is 138 Å². The molecule has 0 atom stereocenters. The zero-order valence-corrected chi connectivity index (χ0v) is 70.0. The Labute approximate surface area is 608 Å². The van der Waals surface area contributed by atoms with Crippen molar-refractivity contribution < 1.29 is 67.4 Å². The number of rotatable bonds is 5. The Kier molecular flexibility index (Phi) is 960. The third-order valence-corrected chi connectivity index (χ3v) is 6.54. The molecule has 0 bridgehead atoms. The number of hydrogen-bond acceptors (Lipinski definition) is 26. The Morgan fingerprint density at radius 1 is 0.367 bits per heavy atom. The highest BCUT2D eigenvalue weighted by Crippen LogP contribution is 2.07. The minimum atomic E-state index is -0.167. The van der Waals surface area contributed by atoms with Crippen LogP contribution in [0.25, 0.3) is 0 Å². The molecule has 1 aliphatic heterocycles. The molecule has 0 spiro atoms. The molecule has 0 aromatic heterocycles. The highest BCUT2D eigenvalue weighted by Gasteiger charge is 2.11. The molecule has 98 heavy (non-hydrogen) atoms. The summed E-state index contributed by atoms with van der Waals surface area (Å²) in [5.41, 5.74) is 40.1. The van der Waals surface area contributed by atoms with Crippen LogP contribution in [0.1, 0.15) is 202 Å². The van der Waals surface area contributed by atoms with Crippen LogP contribution in [0.4, 0.5) is 0 Å². The van der Waals surface area contributed by atoms with Crippen molar-refractivity contribution in [2.45, 2.75) is 210 Å². The average Bonchev–Trinajstić information content (AvgIpc) is 3.89. The number of amides is 1. The Balaban J connectivity index is -0.0000000156. The van der Waals surface area contributed by atoms with Gasteiger partial charge in [-0.3, -0.25) is 4.79 Å². The number of piperidine rings is 1. The van der Waals surface area contributed by atoms with Crippen molar-refractivity contribution in [3.8, 4) is 0 Å². The highest BCUT2D eigenvalue weighted by atomic mass is 16.3. The van der Waals surface area contributed by atoms with Crippen molar-refractivity contribution in [2.75, 3.05) is 69.5 Å². The zero-order valence-electron chi connectivity index (χ0n) is 70.0. The van der Waals surface area contributed by atoms with E-state index in [0.29, 0.717) is 0 Å². The van der Waals surface area contributed by atoms with Gasteiger partial charge in [0.15, 0.2) is 0 Å². The van der Waals surface area contributed by atoms with Crippen molar-refractivity contribution in [3.05, 3.63) is 83.9 Å². The van der Waals surface area contributed by atoms with Crippen LogP contribution in [0.3, 0.4) is 0 Å². The fourth-order valence-corrected chi connectivity index (χ4v) is 2.64. The summed E-state index contributed by atoms with van der Waals surface area (Å²) in [5, 5.41) is 8.06. The minimum Gasteiger partial charge on any atom is -0.394 e. The van der Waals surface area contributed by atoms with Gasteiger partial charge in [-0.2, -0.15) is 0 Å². The summed E-state index contributed by atoms with van der Waals surface area (Å²) in [6, 6.07) is 20.9. The fourth-order valence-electron chi connectivity index (χ4n) is 2.64. The molecule has 0 saturated carbocycles. The number of aryl methyl sites for hydroxylation is 2. The van der Waals surface area contributed by atoms with Crippen LogP contribution >= 0.6 is 0 Å². The molecule has 0 unspecified atom stereocenters.